The topological polar surface area (TPSA) is 121 Å². The number of carboxylic acid groups (broad SMARTS) is 1. The quantitative estimate of drug-likeness (QED) is 0.370. The van der Waals surface area contributed by atoms with Crippen LogP contribution in [0.3, 0.4) is 0 Å². The highest BCUT2D eigenvalue weighted by molar-refractivity contribution is 5.91. The predicted molar refractivity (Wildman–Crippen MR) is 59.9 cm³/mol. The number of nitro benzene ring substituents is 1. The summed E-state index contributed by atoms with van der Waals surface area (Å²) in [6.45, 7) is 0. The van der Waals surface area contributed by atoms with Gasteiger partial charge in [-0.25, -0.2) is 4.79 Å². The Labute approximate surface area is 101 Å². The van der Waals surface area contributed by atoms with E-state index in [4.69, 9.17) is 10.4 Å². The van der Waals surface area contributed by atoms with E-state index in [1.807, 2.05) is 0 Å². The molecule has 0 amide bonds. The van der Waals surface area contributed by atoms with Crippen molar-refractivity contribution in [3.05, 3.63) is 45.0 Å². The maximum atomic E-state index is 10.9. The molecule has 1 N–H and O–H groups in total. The Hall–Kier alpha value is -3.01. The number of aliphatic carboxylic acids is 1. The van der Waals surface area contributed by atoms with Crippen LogP contribution in [0.5, 0.6) is 0 Å². The lowest BCUT2D eigenvalue weighted by Crippen LogP contribution is -1.99. The SMILES string of the molecule is N#Cc1c([N+](=O)[O-])ccc(/C=C/C(=O)O)c1C=O. The van der Waals surface area contributed by atoms with Gasteiger partial charge in [0.1, 0.15) is 11.6 Å². The third-order valence-corrected chi connectivity index (χ3v) is 2.09. The molecule has 7 heteroatoms. The van der Waals surface area contributed by atoms with Crippen LogP contribution < -0.4 is 0 Å². The maximum absolute atomic E-state index is 10.9. The number of carbonyl (C=O) groups excluding carboxylic acids is 1. The lowest BCUT2D eigenvalue weighted by Gasteiger charge is -2.02. The minimum Gasteiger partial charge on any atom is -0.478 e. The molecule has 0 heterocycles. The first-order chi connectivity index (χ1) is 8.51. The van der Waals surface area contributed by atoms with E-state index < -0.39 is 16.6 Å². The predicted octanol–water partition coefficient (Wildman–Crippen LogP) is 1.38. The number of hydrogen-bond acceptors (Lipinski definition) is 5. The number of hydrogen-bond donors (Lipinski definition) is 1. The number of benzene rings is 1. The summed E-state index contributed by atoms with van der Waals surface area (Å²) in [6.07, 6.45) is 2.15. The number of carboxylic acids is 1. The minimum absolute atomic E-state index is 0.134. The molecule has 0 fully saturated rings. The minimum atomic E-state index is -1.23. The van der Waals surface area contributed by atoms with E-state index in [0.29, 0.717) is 0 Å². The van der Waals surface area contributed by atoms with E-state index in [0.717, 1.165) is 18.2 Å². The second-order valence-electron chi connectivity index (χ2n) is 3.12. The van der Waals surface area contributed by atoms with Gasteiger partial charge in [0, 0.05) is 17.7 Å². The largest absolute Gasteiger partial charge is 0.478 e. The Morgan fingerprint density at radius 2 is 2.17 bits per heavy atom. The summed E-state index contributed by atoms with van der Waals surface area (Å²) in [4.78, 5) is 31.1. The number of aldehydes is 1. The van der Waals surface area contributed by atoms with Gasteiger partial charge in [0.05, 0.1) is 4.92 Å². The van der Waals surface area contributed by atoms with Crippen molar-refractivity contribution >= 4 is 24.0 Å². The van der Waals surface area contributed by atoms with Gasteiger partial charge in [-0.2, -0.15) is 5.26 Å². The monoisotopic (exact) mass is 246 g/mol. The van der Waals surface area contributed by atoms with Gasteiger partial charge in [0.25, 0.3) is 5.69 Å². The normalized spacial score (nSPS) is 9.94. The van der Waals surface area contributed by atoms with Gasteiger partial charge in [-0.05, 0) is 17.7 Å². The molecule has 0 unspecified atom stereocenters. The molecule has 1 aromatic carbocycles. The highest BCUT2D eigenvalue weighted by Crippen LogP contribution is 2.24. The molecule has 0 radical (unpaired) electrons. The number of rotatable bonds is 4. The lowest BCUT2D eigenvalue weighted by molar-refractivity contribution is -0.385. The Morgan fingerprint density at radius 1 is 1.50 bits per heavy atom. The summed E-state index contributed by atoms with van der Waals surface area (Å²) in [5.74, 6) is -1.23. The molecular formula is C11H6N2O5. The summed E-state index contributed by atoms with van der Waals surface area (Å²) in [7, 11) is 0. The molecule has 0 aliphatic heterocycles. The van der Waals surface area contributed by atoms with Crippen molar-refractivity contribution in [2.75, 3.05) is 0 Å². The fraction of sp³-hybridized carbons (Fsp3) is 0. The summed E-state index contributed by atoms with van der Waals surface area (Å²) >= 11 is 0. The summed E-state index contributed by atoms with van der Waals surface area (Å²) in [6, 6.07) is 3.83. The van der Waals surface area contributed by atoms with E-state index in [2.05, 4.69) is 0 Å². The van der Waals surface area contributed by atoms with Crippen LogP contribution in [0.4, 0.5) is 5.69 Å². The Morgan fingerprint density at radius 3 is 2.61 bits per heavy atom. The lowest BCUT2D eigenvalue weighted by atomic mass is 10.0. The van der Waals surface area contributed by atoms with Crippen LogP contribution in [-0.4, -0.2) is 22.3 Å². The van der Waals surface area contributed by atoms with Crippen molar-refractivity contribution in [2.45, 2.75) is 0 Å². The fourth-order valence-corrected chi connectivity index (χ4v) is 1.33. The maximum Gasteiger partial charge on any atom is 0.328 e. The third-order valence-electron chi connectivity index (χ3n) is 2.09. The van der Waals surface area contributed by atoms with Gasteiger partial charge >= 0.3 is 5.97 Å². The van der Waals surface area contributed by atoms with Crippen LogP contribution >= 0.6 is 0 Å². The van der Waals surface area contributed by atoms with Crippen molar-refractivity contribution in [1.82, 2.24) is 0 Å². The van der Waals surface area contributed by atoms with Gasteiger partial charge in [0.2, 0.25) is 0 Å². The number of nitrogens with zero attached hydrogens (tertiary/aromatic N) is 2. The van der Waals surface area contributed by atoms with E-state index >= 15 is 0 Å². The van der Waals surface area contributed by atoms with Crippen molar-refractivity contribution in [1.29, 1.82) is 5.26 Å². The zero-order chi connectivity index (χ0) is 13.7. The molecule has 0 aliphatic rings. The zero-order valence-electron chi connectivity index (χ0n) is 8.86. The second kappa shape index (κ2) is 5.36. The fourth-order valence-electron chi connectivity index (χ4n) is 1.33. The smallest absolute Gasteiger partial charge is 0.328 e. The molecule has 90 valence electrons. The highest BCUT2D eigenvalue weighted by Gasteiger charge is 2.19. The van der Waals surface area contributed by atoms with Crippen LogP contribution in [-0.2, 0) is 4.79 Å². The molecule has 0 atom stereocenters. The van der Waals surface area contributed by atoms with Gasteiger partial charge in [0.15, 0.2) is 6.29 Å². The van der Waals surface area contributed by atoms with Gasteiger partial charge in [-0.1, -0.05) is 0 Å². The summed E-state index contributed by atoms with van der Waals surface area (Å²) in [5.41, 5.74) is -0.951. The average molecular weight is 246 g/mol. The zero-order valence-corrected chi connectivity index (χ0v) is 8.86. The van der Waals surface area contributed by atoms with Crippen molar-refractivity contribution < 1.29 is 19.6 Å². The molecule has 0 aromatic heterocycles. The molecule has 1 aromatic rings. The first-order valence-corrected chi connectivity index (χ1v) is 4.59. The van der Waals surface area contributed by atoms with Gasteiger partial charge in [-0.15, -0.1) is 0 Å². The average Bonchev–Trinajstić information content (AvgIpc) is 2.34. The van der Waals surface area contributed by atoms with Crippen LogP contribution in [0.15, 0.2) is 18.2 Å². The summed E-state index contributed by atoms with van der Waals surface area (Å²) in [5, 5.41) is 27.9. The van der Waals surface area contributed by atoms with Crippen molar-refractivity contribution in [3.63, 3.8) is 0 Å². The van der Waals surface area contributed by atoms with Crippen LogP contribution in [0, 0.1) is 21.4 Å². The standard InChI is InChI=1S/C11H6N2O5/c12-5-8-9(6-14)7(2-4-11(15)16)1-3-10(8)13(17)18/h1-4,6H,(H,15,16)/b4-2+. The van der Waals surface area contributed by atoms with Crippen molar-refractivity contribution in [3.8, 4) is 6.07 Å². The first-order valence-electron chi connectivity index (χ1n) is 4.59. The number of nitro groups is 1. The second-order valence-corrected chi connectivity index (χ2v) is 3.12. The van der Waals surface area contributed by atoms with Gasteiger partial charge in [-0.3, -0.25) is 14.9 Å². The molecule has 7 nitrogen and oxygen atoms in total. The molecule has 0 saturated heterocycles. The van der Waals surface area contributed by atoms with Crippen LogP contribution in [0.2, 0.25) is 0 Å². The molecule has 0 spiro atoms. The molecule has 0 bridgehead atoms. The number of carbonyl (C=O) groups is 2. The van der Waals surface area contributed by atoms with Crippen LogP contribution in [0.1, 0.15) is 21.5 Å². The molecule has 18 heavy (non-hydrogen) atoms. The van der Waals surface area contributed by atoms with Crippen LogP contribution in [0.25, 0.3) is 6.08 Å². The molecule has 1 rings (SSSR count). The Kier molecular flexibility index (Phi) is 3.89. The molecule has 0 aliphatic carbocycles. The van der Waals surface area contributed by atoms with E-state index in [1.165, 1.54) is 6.07 Å². The molecular weight excluding hydrogens is 240 g/mol. The van der Waals surface area contributed by atoms with E-state index in [1.54, 1.807) is 6.07 Å². The molecule has 0 saturated carbocycles. The number of nitriles is 1. The van der Waals surface area contributed by atoms with E-state index in [-0.39, 0.29) is 23.0 Å². The van der Waals surface area contributed by atoms with E-state index in [9.17, 15) is 19.7 Å². The van der Waals surface area contributed by atoms with Gasteiger partial charge < -0.3 is 5.11 Å². The Balaban J connectivity index is 3.50. The Bertz CT molecular complexity index is 598. The summed E-state index contributed by atoms with van der Waals surface area (Å²) < 4.78 is 0. The highest BCUT2D eigenvalue weighted by atomic mass is 16.6. The third kappa shape index (κ3) is 2.56. The first kappa shape index (κ1) is 13.1. The van der Waals surface area contributed by atoms with Crippen molar-refractivity contribution in [2.24, 2.45) is 0 Å².